The zero-order valence-corrected chi connectivity index (χ0v) is 17.5. The number of nitriles is 1. The average molecular weight is 390 g/mol. The maximum atomic E-state index is 12.8. The first-order chi connectivity index (χ1) is 14.1. The van der Waals surface area contributed by atoms with Crippen molar-refractivity contribution in [1.29, 1.82) is 5.26 Å². The molecule has 2 unspecified atom stereocenters. The van der Waals surface area contributed by atoms with Gasteiger partial charge in [0, 0.05) is 30.8 Å². The van der Waals surface area contributed by atoms with Gasteiger partial charge in [0.1, 0.15) is 0 Å². The molecule has 2 atom stereocenters. The monoisotopic (exact) mass is 389 g/mol. The van der Waals surface area contributed by atoms with E-state index in [4.69, 9.17) is 0 Å². The van der Waals surface area contributed by atoms with Gasteiger partial charge in [-0.3, -0.25) is 4.79 Å². The van der Waals surface area contributed by atoms with E-state index in [1.165, 1.54) is 19.5 Å². The summed E-state index contributed by atoms with van der Waals surface area (Å²) < 4.78 is 0. The number of piperidine rings is 1. The van der Waals surface area contributed by atoms with Gasteiger partial charge in [-0.15, -0.1) is 0 Å². The third-order valence-corrected chi connectivity index (χ3v) is 5.64. The molecule has 3 rings (SSSR count). The summed E-state index contributed by atoms with van der Waals surface area (Å²) in [6.07, 6.45) is 3.40. The molecule has 1 amide bonds. The van der Waals surface area contributed by atoms with Crippen molar-refractivity contribution in [3.63, 3.8) is 0 Å². The van der Waals surface area contributed by atoms with E-state index in [9.17, 15) is 10.1 Å². The number of likely N-dealkylation sites (tertiary alicyclic amines) is 1. The van der Waals surface area contributed by atoms with E-state index in [1.54, 1.807) is 6.07 Å². The van der Waals surface area contributed by atoms with Crippen molar-refractivity contribution in [2.24, 2.45) is 11.8 Å². The van der Waals surface area contributed by atoms with Crippen LogP contribution in [0.2, 0.25) is 0 Å². The number of unbranched alkanes of at least 4 members (excludes halogenated alkanes) is 1. The van der Waals surface area contributed by atoms with Crippen LogP contribution in [0.3, 0.4) is 0 Å². The molecule has 2 aromatic rings. The Balaban J connectivity index is 1.54. The van der Waals surface area contributed by atoms with Gasteiger partial charge in [0.15, 0.2) is 0 Å². The highest BCUT2D eigenvalue weighted by molar-refractivity contribution is 6.01. The van der Waals surface area contributed by atoms with E-state index in [-0.39, 0.29) is 5.91 Å². The quantitative estimate of drug-likeness (QED) is 0.698. The molecule has 29 heavy (non-hydrogen) atoms. The molecule has 0 radical (unpaired) electrons. The highest BCUT2D eigenvalue weighted by atomic mass is 16.1. The fourth-order valence-corrected chi connectivity index (χ4v) is 4.46. The van der Waals surface area contributed by atoms with Crippen molar-refractivity contribution in [3.05, 3.63) is 59.7 Å². The molecule has 0 spiro atoms. The number of rotatable bonds is 7. The zero-order chi connectivity index (χ0) is 20.6. The molecule has 0 saturated carbocycles. The first-order valence-corrected chi connectivity index (χ1v) is 10.7. The summed E-state index contributed by atoms with van der Waals surface area (Å²) >= 11 is 0. The van der Waals surface area contributed by atoms with Crippen molar-refractivity contribution in [1.82, 2.24) is 10.2 Å². The molecule has 1 aliphatic heterocycles. The molecular formula is C25H31N3O. The van der Waals surface area contributed by atoms with Gasteiger partial charge in [0.25, 0.3) is 5.91 Å². The number of benzene rings is 2. The number of nitrogens with one attached hydrogen (secondary N) is 1. The standard InChI is InChI=1S/C25H31N3O/c1-19-15-20(2)18-28(17-19)14-8-7-13-27-25(29)24-12-6-5-11-23(24)22-10-4-3-9-21(22)16-26/h3-6,9-12,19-20H,7-8,13-15,17-18H2,1-2H3,(H,27,29). The highest BCUT2D eigenvalue weighted by Gasteiger charge is 2.21. The minimum atomic E-state index is -0.0754. The summed E-state index contributed by atoms with van der Waals surface area (Å²) in [6, 6.07) is 17.1. The highest BCUT2D eigenvalue weighted by Crippen LogP contribution is 2.27. The lowest BCUT2D eigenvalue weighted by molar-refractivity contribution is 0.0952. The Kier molecular flexibility index (Phi) is 7.43. The third-order valence-electron chi connectivity index (χ3n) is 5.64. The van der Waals surface area contributed by atoms with Gasteiger partial charge in [0.2, 0.25) is 0 Å². The molecule has 4 heteroatoms. The Morgan fingerprint density at radius 2 is 1.69 bits per heavy atom. The lowest BCUT2D eigenvalue weighted by atomic mass is 9.92. The van der Waals surface area contributed by atoms with Gasteiger partial charge in [0.05, 0.1) is 11.6 Å². The minimum Gasteiger partial charge on any atom is -0.352 e. The van der Waals surface area contributed by atoms with Gasteiger partial charge < -0.3 is 10.2 Å². The van der Waals surface area contributed by atoms with E-state index in [2.05, 4.69) is 30.1 Å². The predicted octanol–water partition coefficient (Wildman–Crippen LogP) is 4.71. The van der Waals surface area contributed by atoms with Crippen LogP contribution in [-0.2, 0) is 0 Å². The van der Waals surface area contributed by atoms with Crippen LogP contribution in [0.4, 0.5) is 0 Å². The lowest BCUT2D eigenvalue weighted by Crippen LogP contribution is -2.39. The van der Waals surface area contributed by atoms with Crippen LogP contribution in [0.1, 0.15) is 49.0 Å². The van der Waals surface area contributed by atoms with Crippen LogP contribution in [0, 0.1) is 23.2 Å². The van der Waals surface area contributed by atoms with E-state index in [0.717, 1.165) is 42.3 Å². The minimum absolute atomic E-state index is 0.0754. The van der Waals surface area contributed by atoms with Gasteiger partial charge in [-0.1, -0.05) is 50.2 Å². The summed E-state index contributed by atoms with van der Waals surface area (Å²) in [5.41, 5.74) is 2.80. The van der Waals surface area contributed by atoms with Crippen LogP contribution in [0.15, 0.2) is 48.5 Å². The van der Waals surface area contributed by atoms with Crippen molar-refractivity contribution < 1.29 is 4.79 Å². The first kappa shape index (κ1) is 21.1. The molecule has 2 aromatic carbocycles. The van der Waals surface area contributed by atoms with Crippen molar-refractivity contribution in [3.8, 4) is 17.2 Å². The number of hydrogen-bond acceptors (Lipinski definition) is 3. The fraction of sp³-hybridized carbons (Fsp3) is 0.440. The molecule has 1 aliphatic rings. The molecule has 1 heterocycles. The summed E-state index contributed by atoms with van der Waals surface area (Å²) in [6.45, 7) is 8.85. The van der Waals surface area contributed by atoms with Gasteiger partial charge >= 0.3 is 0 Å². The smallest absolute Gasteiger partial charge is 0.251 e. The summed E-state index contributed by atoms with van der Waals surface area (Å²) in [7, 11) is 0. The fourth-order valence-electron chi connectivity index (χ4n) is 4.46. The second-order valence-corrected chi connectivity index (χ2v) is 8.37. The van der Waals surface area contributed by atoms with Crippen molar-refractivity contribution in [2.45, 2.75) is 33.1 Å². The van der Waals surface area contributed by atoms with Gasteiger partial charge in [-0.05, 0) is 55.3 Å². The molecule has 4 nitrogen and oxygen atoms in total. The molecule has 152 valence electrons. The molecule has 1 fully saturated rings. The molecule has 0 bridgehead atoms. The Bertz CT molecular complexity index is 860. The SMILES string of the molecule is CC1CC(C)CN(CCCCNC(=O)c2ccccc2-c2ccccc2C#N)C1. The number of carbonyl (C=O) groups excluding carboxylic acids is 1. The first-order valence-electron chi connectivity index (χ1n) is 10.7. The normalized spacial score (nSPS) is 19.5. The van der Waals surface area contributed by atoms with Gasteiger partial charge in [-0.25, -0.2) is 0 Å². The second-order valence-electron chi connectivity index (χ2n) is 8.37. The number of hydrogen-bond donors (Lipinski definition) is 1. The summed E-state index contributed by atoms with van der Waals surface area (Å²) in [4.78, 5) is 15.3. The number of amides is 1. The molecule has 0 aromatic heterocycles. The molecule has 0 aliphatic carbocycles. The topological polar surface area (TPSA) is 56.1 Å². The van der Waals surface area contributed by atoms with Crippen LogP contribution in [0.25, 0.3) is 11.1 Å². The van der Waals surface area contributed by atoms with Crippen LogP contribution in [-0.4, -0.2) is 37.0 Å². The molecular weight excluding hydrogens is 358 g/mol. The predicted molar refractivity (Wildman–Crippen MR) is 118 cm³/mol. The summed E-state index contributed by atoms with van der Waals surface area (Å²) in [5, 5.41) is 12.5. The van der Waals surface area contributed by atoms with Crippen LogP contribution in [0.5, 0.6) is 0 Å². The Labute approximate surface area is 174 Å². The van der Waals surface area contributed by atoms with Gasteiger partial charge in [-0.2, -0.15) is 5.26 Å². The van der Waals surface area contributed by atoms with Crippen molar-refractivity contribution in [2.75, 3.05) is 26.2 Å². The second kappa shape index (κ2) is 10.2. The van der Waals surface area contributed by atoms with E-state index in [1.807, 2.05) is 42.5 Å². The van der Waals surface area contributed by atoms with E-state index < -0.39 is 0 Å². The Morgan fingerprint density at radius 1 is 1.03 bits per heavy atom. The zero-order valence-electron chi connectivity index (χ0n) is 17.5. The van der Waals surface area contributed by atoms with Crippen LogP contribution >= 0.6 is 0 Å². The Morgan fingerprint density at radius 3 is 2.41 bits per heavy atom. The maximum absolute atomic E-state index is 12.8. The summed E-state index contributed by atoms with van der Waals surface area (Å²) in [5.74, 6) is 1.49. The Hall–Kier alpha value is -2.64. The lowest BCUT2D eigenvalue weighted by Gasteiger charge is -2.34. The van der Waals surface area contributed by atoms with Crippen LogP contribution < -0.4 is 5.32 Å². The average Bonchev–Trinajstić information content (AvgIpc) is 2.72. The largest absolute Gasteiger partial charge is 0.352 e. The van der Waals surface area contributed by atoms with Crippen molar-refractivity contribution >= 4 is 5.91 Å². The maximum Gasteiger partial charge on any atom is 0.251 e. The molecule has 1 N–H and O–H groups in total. The molecule has 1 saturated heterocycles. The van der Waals surface area contributed by atoms with E-state index in [0.29, 0.717) is 17.7 Å². The van der Waals surface area contributed by atoms with E-state index >= 15 is 0 Å². The number of carbonyl (C=O) groups is 1. The number of nitrogens with zero attached hydrogens (tertiary/aromatic N) is 2. The third kappa shape index (κ3) is 5.68.